The maximum Gasteiger partial charge on any atom is 0.339 e. The van der Waals surface area contributed by atoms with Gasteiger partial charge in [0.1, 0.15) is 11.4 Å². The number of amides is 1. The van der Waals surface area contributed by atoms with E-state index in [0.29, 0.717) is 17.3 Å². The summed E-state index contributed by atoms with van der Waals surface area (Å²) in [6, 6.07) is 15.5. The highest BCUT2D eigenvalue weighted by molar-refractivity contribution is 8.14. The number of nitrogens with one attached hydrogen (secondary N) is 1. The zero-order chi connectivity index (χ0) is 31.7. The Balaban J connectivity index is 1.87. The third kappa shape index (κ3) is 9.70. The van der Waals surface area contributed by atoms with Crippen LogP contribution in [0.5, 0.6) is 0 Å². The smallest absolute Gasteiger partial charge is 0.339 e. The lowest BCUT2D eigenvalue weighted by Gasteiger charge is -2.21. The Kier molecular flexibility index (Phi) is 12.5. The van der Waals surface area contributed by atoms with Crippen LogP contribution in [0.1, 0.15) is 95.2 Å². The number of thioether (sulfide) groups is 1. The molecule has 2 aromatic carbocycles. The van der Waals surface area contributed by atoms with Crippen LogP contribution in [0.3, 0.4) is 0 Å². The van der Waals surface area contributed by atoms with E-state index in [1.807, 2.05) is 77.1 Å². The fourth-order valence-electron chi connectivity index (χ4n) is 4.70. The van der Waals surface area contributed by atoms with Gasteiger partial charge >= 0.3 is 5.97 Å². The van der Waals surface area contributed by atoms with Crippen molar-refractivity contribution in [2.75, 3.05) is 0 Å². The van der Waals surface area contributed by atoms with Gasteiger partial charge in [0, 0.05) is 19.9 Å². The second kappa shape index (κ2) is 15.6. The van der Waals surface area contributed by atoms with Crippen LogP contribution in [0.4, 0.5) is 0 Å². The first kappa shape index (κ1) is 34.4. The zero-order valence-corrected chi connectivity index (χ0v) is 27.9. The lowest BCUT2D eigenvalue weighted by atomic mass is 9.98. The van der Waals surface area contributed by atoms with E-state index in [2.05, 4.69) is 21.8 Å². The quantitative estimate of drug-likeness (QED) is 0.194. The van der Waals surface area contributed by atoms with Crippen LogP contribution in [0.2, 0.25) is 5.15 Å². The lowest BCUT2D eigenvalue weighted by Crippen LogP contribution is -2.37. The second-order valence-electron chi connectivity index (χ2n) is 11.8. The number of hydrogen-bond donors (Lipinski definition) is 1. The van der Waals surface area contributed by atoms with Crippen LogP contribution in [0.15, 0.2) is 48.5 Å². The molecule has 0 saturated heterocycles. The van der Waals surface area contributed by atoms with Gasteiger partial charge in [-0.1, -0.05) is 99.4 Å². The Morgan fingerprint density at radius 1 is 1.07 bits per heavy atom. The van der Waals surface area contributed by atoms with Gasteiger partial charge in [-0.3, -0.25) is 9.59 Å². The predicted octanol–water partition coefficient (Wildman–Crippen LogP) is 7.86. The number of aromatic nitrogens is 2. The van der Waals surface area contributed by atoms with Crippen molar-refractivity contribution in [3.05, 3.63) is 76.3 Å². The minimum atomic E-state index is -0.589. The normalized spacial score (nSPS) is 12.9. The third-order valence-electron chi connectivity index (χ3n) is 7.15. The molecule has 0 spiro atoms. The van der Waals surface area contributed by atoms with E-state index in [1.165, 1.54) is 6.92 Å². The lowest BCUT2D eigenvalue weighted by molar-refractivity contribution is -0.121. The van der Waals surface area contributed by atoms with E-state index in [0.717, 1.165) is 65.7 Å². The summed E-state index contributed by atoms with van der Waals surface area (Å²) >= 11 is 7.72. The number of rotatable bonds is 13. The minimum absolute atomic E-state index is 0.0494. The van der Waals surface area contributed by atoms with Gasteiger partial charge in [-0.2, -0.15) is 0 Å². The molecular formula is C34H44ClN3O4S. The third-order valence-corrected chi connectivity index (χ3v) is 8.72. The molecule has 1 heterocycles. The van der Waals surface area contributed by atoms with Crippen LogP contribution in [-0.2, 0) is 33.8 Å². The van der Waals surface area contributed by atoms with Gasteiger partial charge in [0.25, 0.3) is 0 Å². The highest BCUT2D eigenvalue weighted by atomic mass is 35.5. The van der Waals surface area contributed by atoms with Crippen LogP contribution >= 0.6 is 23.4 Å². The Bertz CT molecular complexity index is 1410. The van der Waals surface area contributed by atoms with Crippen molar-refractivity contribution in [1.29, 1.82) is 0 Å². The number of carbonyl (C=O) groups excluding carboxylic acids is 3. The SMILES string of the molecule is CCCCc1nc(Cl)c(CNC(=O)C(SC(C)=O)C(C)CC)n1Cc1ccc(-c2ccccc2C(=O)OC(C)(C)C)cc1. The summed E-state index contributed by atoms with van der Waals surface area (Å²) in [5.74, 6) is 0.381. The number of benzene rings is 2. The molecule has 1 aromatic heterocycles. The van der Waals surface area contributed by atoms with E-state index >= 15 is 0 Å². The van der Waals surface area contributed by atoms with Gasteiger partial charge in [0.2, 0.25) is 5.91 Å². The fraction of sp³-hybridized carbons (Fsp3) is 0.471. The Morgan fingerprint density at radius 2 is 1.74 bits per heavy atom. The number of aryl methyl sites for hydroxylation is 1. The van der Waals surface area contributed by atoms with E-state index in [4.69, 9.17) is 16.3 Å². The van der Waals surface area contributed by atoms with Crippen molar-refractivity contribution >= 4 is 40.4 Å². The molecule has 232 valence electrons. The highest BCUT2D eigenvalue weighted by Crippen LogP contribution is 2.28. The summed E-state index contributed by atoms with van der Waals surface area (Å²) in [7, 11) is 0. The number of unbranched alkanes of at least 4 members (excludes halogenated alkanes) is 1. The molecule has 7 nitrogen and oxygen atoms in total. The average Bonchev–Trinajstić information content (AvgIpc) is 3.25. The largest absolute Gasteiger partial charge is 0.456 e. The van der Waals surface area contributed by atoms with Crippen molar-refractivity contribution in [1.82, 2.24) is 14.9 Å². The molecule has 3 aromatic rings. The molecule has 43 heavy (non-hydrogen) atoms. The fourth-order valence-corrected chi connectivity index (χ4v) is 5.94. The molecule has 0 bridgehead atoms. The van der Waals surface area contributed by atoms with Crippen molar-refractivity contribution < 1.29 is 19.1 Å². The first-order chi connectivity index (χ1) is 20.3. The molecule has 0 fully saturated rings. The average molecular weight is 626 g/mol. The van der Waals surface area contributed by atoms with E-state index in [-0.39, 0.29) is 29.5 Å². The molecule has 0 aliphatic carbocycles. The summed E-state index contributed by atoms with van der Waals surface area (Å²) in [6.07, 6.45) is 3.53. The number of imidazole rings is 1. The molecule has 9 heteroatoms. The van der Waals surface area contributed by atoms with Crippen LogP contribution in [0.25, 0.3) is 11.1 Å². The summed E-state index contributed by atoms with van der Waals surface area (Å²) < 4.78 is 7.71. The van der Waals surface area contributed by atoms with Crippen LogP contribution in [-0.4, -0.2) is 37.4 Å². The molecule has 2 unspecified atom stereocenters. The maximum atomic E-state index is 13.1. The number of nitrogens with zero attached hydrogens (tertiary/aromatic N) is 2. The highest BCUT2D eigenvalue weighted by Gasteiger charge is 2.27. The summed E-state index contributed by atoms with van der Waals surface area (Å²) in [4.78, 5) is 42.5. The Hall–Kier alpha value is -3.10. The second-order valence-corrected chi connectivity index (χ2v) is 13.5. The molecule has 2 atom stereocenters. The number of ether oxygens (including phenoxy) is 1. The summed E-state index contributed by atoms with van der Waals surface area (Å²) in [5, 5.41) is 2.84. The number of halogens is 1. The first-order valence-corrected chi connectivity index (χ1v) is 16.2. The van der Waals surface area contributed by atoms with E-state index < -0.39 is 10.9 Å². The van der Waals surface area contributed by atoms with Crippen molar-refractivity contribution in [2.24, 2.45) is 5.92 Å². The van der Waals surface area contributed by atoms with Crippen molar-refractivity contribution in [3.63, 3.8) is 0 Å². The summed E-state index contributed by atoms with van der Waals surface area (Å²) in [6.45, 7) is 13.9. The minimum Gasteiger partial charge on any atom is -0.456 e. The first-order valence-electron chi connectivity index (χ1n) is 14.9. The molecule has 3 rings (SSSR count). The molecule has 1 amide bonds. The predicted molar refractivity (Wildman–Crippen MR) is 175 cm³/mol. The summed E-state index contributed by atoms with van der Waals surface area (Å²) in [5.41, 5.74) is 3.41. The number of carbonyl (C=O) groups is 3. The van der Waals surface area contributed by atoms with Crippen LogP contribution < -0.4 is 5.32 Å². The maximum absolute atomic E-state index is 13.1. The van der Waals surface area contributed by atoms with Gasteiger partial charge in [-0.15, -0.1) is 0 Å². The van der Waals surface area contributed by atoms with Crippen LogP contribution in [0, 0.1) is 5.92 Å². The molecule has 0 saturated carbocycles. The monoisotopic (exact) mass is 625 g/mol. The van der Waals surface area contributed by atoms with Gasteiger partial charge in [0.05, 0.1) is 23.1 Å². The molecule has 1 N–H and O–H groups in total. The topological polar surface area (TPSA) is 90.3 Å². The number of esters is 1. The zero-order valence-electron chi connectivity index (χ0n) is 26.3. The molecule has 0 aliphatic heterocycles. The van der Waals surface area contributed by atoms with Gasteiger partial charge in [-0.25, -0.2) is 9.78 Å². The van der Waals surface area contributed by atoms with E-state index in [1.54, 1.807) is 6.07 Å². The van der Waals surface area contributed by atoms with Crippen molar-refractivity contribution in [3.8, 4) is 11.1 Å². The molecular weight excluding hydrogens is 582 g/mol. The number of hydrogen-bond acceptors (Lipinski definition) is 6. The Morgan fingerprint density at radius 3 is 2.35 bits per heavy atom. The van der Waals surface area contributed by atoms with Gasteiger partial charge < -0.3 is 14.6 Å². The standard InChI is InChI=1S/C34H44ClN3O4S/c1-8-10-15-29-37-31(35)28(20-36-32(40)30(22(3)9-2)43-23(4)39)38(29)21-24-16-18-25(19-17-24)26-13-11-12-14-27(26)33(41)42-34(5,6)7/h11-14,16-19,22,30H,8-10,15,20-21H2,1-7H3,(H,36,40). The molecule has 0 radical (unpaired) electrons. The van der Waals surface area contributed by atoms with Crippen molar-refractivity contribution in [2.45, 2.75) is 98.1 Å². The van der Waals surface area contributed by atoms with Gasteiger partial charge in [0.15, 0.2) is 10.3 Å². The Labute approximate surface area is 265 Å². The van der Waals surface area contributed by atoms with Gasteiger partial charge in [-0.05, 0) is 55.9 Å². The van der Waals surface area contributed by atoms with E-state index in [9.17, 15) is 14.4 Å². The molecule has 0 aliphatic rings.